The average molecular weight is 435 g/mol. The van der Waals surface area contributed by atoms with Crippen LogP contribution in [-0.2, 0) is 0 Å². The number of nitrogens with zero attached hydrogens (tertiary/aromatic N) is 1. The first-order chi connectivity index (χ1) is 13.1. The second kappa shape index (κ2) is 8.77. The lowest BCUT2D eigenvalue weighted by atomic mass is 10.2. The minimum Gasteiger partial charge on any atom is -0.493 e. The van der Waals surface area contributed by atoms with Crippen LogP contribution in [0.15, 0.2) is 39.9 Å². The third kappa shape index (κ3) is 4.51. The van der Waals surface area contributed by atoms with E-state index in [0.717, 1.165) is 16.5 Å². The van der Waals surface area contributed by atoms with E-state index in [-0.39, 0.29) is 12.7 Å². The van der Waals surface area contributed by atoms with Crippen LogP contribution in [0.3, 0.4) is 0 Å². The van der Waals surface area contributed by atoms with Gasteiger partial charge in [-0.25, -0.2) is 5.43 Å². The zero-order valence-corrected chi connectivity index (χ0v) is 16.5. The molecule has 0 spiro atoms. The highest BCUT2D eigenvalue weighted by Gasteiger charge is 2.16. The van der Waals surface area contributed by atoms with Crippen molar-refractivity contribution in [1.82, 2.24) is 5.43 Å². The van der Waals surface area contributed by atoms with Gasteiger partial charge in [0.2, 0.25) is 6.79 Å². The molecule has 7 nitrogen and oxygen atoms in total. The molecule has 1 amide bonds. The molecule has 0 saturated heterocycles. The van der Waals surface area contributed by atoms with Crippen molar-refractivity contribution < 1.29 is 23.7 Å². The van der Waals surface area contributed by atoms with Gasteiger partial charge in [0.05, 0.1) is 24.4 Å². The Morgan fingerprint density at radius 3 is 2.89 bits per heavy atom. The van der Waals surface area contributed by atoms with Crippen LogP contribution < -0.4 is 24.4 Å². The van der Waals surface area contributed by atoms with Crippen molar-refractivity contribution in [2.75, 3.05) is 20.5 Å². The molecule has 1 heterocycles. The number of nitrogens with one attached hydrogen (secondary N) is 1. The van der Waals surface area contributed by atoms with Gasteiger partial charge >= 0.3 is 0 Å². The highest BCUT2D eigenvalue weighted by molar-refractivity contribution is 9.10. The summed E-state index contributed by atoms with van der Waals surface area (Å²) in [5, 5.41) is 4.01. The maximum atomic E-state index is 12.2. The van der Waals surface area contributed by atoms with E-state index in [9.17, 15) is 4.79 Å². The number of rotatable bonds is 7. The Bertz CT molecular complexity index is 869. The topological polar surface area (TPSA) is 78.4 Å². The number of fused-ring (bicyclic) bond motifs is 1. The molecule has 1 N–H and O–H groups in total. The van der Waals surface area contributed by atoms with Crippen molar-refractivity contribution >= 4 is 28.1 Å². The first-order valence-corrected chi connectivity index (χ1v) is 9.15. The summed E-state index contributed by atoms with van der Waals surface area (Å²) in [6.07, 6.45) is 2.42. The molecule has 0 bridgehead atoms. The summed E-state index contributed by atoms with van der Waals surface area (Å²) >= 11 is 3.48. The zero-order chi connectivity index (χ0) is 19.2. The number of benzene rings is 2. The third-order valence-electron chi connectivity index (χ3n) is 3.72. The summed E-state index contributed by atoms with van der Waals surface area (Å²) in [6, 6.07) is 8.58. The molecule has 27 heavy (non-hydrogen) atoms. The second-order valence-corrected chi connectivity index (χ2v) is 6.50. The molecule has 142 valence electrons. The van der Waals surface area contributed by atoms with Gasteiger partial charge in [-0.3, -0.25) is 4.79 Å². The fourth-order valence-corrected chi connectivity index (χ4v) is 3.00. The molecule has 0 saturated carbocycles. The van der Waals surface area contributed by atoms with E-state index in [2.05, 4.69) is 26.5 Å². The molecule has 1 aliphatic heterocycles. The first-order valence-electron chi connectivity index (χ1n) is 8.35. The monoisotopic (exact) mass is 434 g/mol. The highest BCUT2D eigenvalue weighted by Crippen LogP contribution is 2.36. The largest absolute Gasteiger partial charge is 0.493 e. The highest BCUT2D eigenvalue weighted by atomic mass is 79.9. The predicted octanol–water partition coefficient (Wildman–Crippen LogP) is 3.74. The van der Waals surface area contributed by atoms with Crippen LogP contribution in [0.25, 0.3) is 0 Å². The van der Waals surface area contributed by atoms with Crippen LogP contribution in [0.2, 0.25) is 0 Å². The zero-order valence-electron chi connectivity index (χ0n) is 15.0. The summed E-state index contributed by atoms with van der Waals surface area (Å²) < 4.78 is 22.3. The molecule has 2 aromatic carbocycles. The van der Waals surface area contributed by atoms with E-state index in [1.165, 1.54) is 6.21 Å². The number of hydrogen-bond acceptors (Lipinski definition) is 6. The number of hydrazone groups is 1. The molecule has 2 aromatic rings. The molecular formula is C19H19BrN2O5. The second-order valence-electron chi connectivity index (χ2n) is 5.65. The smallest absolute Gasteiger partial charge is 0.271 e. The maximum Gasteiger partial charge on any atom is 0.271 e. The van der Waals surface area contributed by atoms with Crippen molar-refractivity contribution in [2.45, 2.75) is 13.3 Å². The van der Waals surface area contributed by atoms with Crippen LogP contribution >= 0.6 is 15.9 Å². The SMILES string of the molecule is CCCOc1c(Br)cc(/C=N\NC(=O)c2ccc3c(c2)OCO3)cc1OC. The van der Waals surface area contributed by atoms with E-state index in [1.54, 1.807) is 31.4 Å². The molecule has 0 radical (unpaired) electrons. The lowest BCUT2D eigenvalue weighted by Crippen LogP contribution is -2.17. The minimum absolute atomic E-state index is 0.160. The summed E-state index contributed by atoms with van der Waals surface area (Å²) in [4.78, 5) is 12.2. The van der Waals surface area contributed by atoms with Crippen LogP contribution in [0.4, 0.5) is 0 Å². The molecule has 0 unspecified atom stereocenters. The predicted molar refractivity (Wildman–Crippen MR) is 104 cm³/mol. The number of ether oxygens (including phenoxy) is 4. The van der Waals surface area contributed by atoms with Gasteiger partial charge in [-0.1, -0.05) is 6.92 Å². The Hall–Kier alpha value is -2.74. The molecule has 0 fully saturated rings. The lowest BCUT2D eigenvalue weighted by molar-refractivity contribution is 0.0954. The van der Waals surface area contributed by atoms with Crippen molar-refractivity contribution in [3.63, 3.8) is 0 Å². The summed E-state index contributed by atoms with van der Waals surface area (Å²) in [6.45, 7) is 2.78. The van der Waals surface area contributed by atoms with Gasteiger partial charge in [0, 0.05) is 5.56 Å². The Morgan fingerprint density at radius 1 is 1.30 bits per heavy atom. The van der Waals surface area contributed by atoms with Crippen molar-refractivity contribution in [3.8, 4) is 23.0 Å². The van der Waals surface area contributed by atoms with Gasteiger partial charge in [-0.2, -0.15) is 5.10 Å². The Labute approximate surface area is 165 Å². The number of hydrogen-bond donors (Lipinski definition) is 1. The molecule has 0 atom stereocenters. The van der Waals surface area contributed by atoms with Gasteiger partial charge in [-0.15, -0.1) is 0 Å². The average Bonchev–Trinajstić information content (AvgIpc) is 3.14. The first kappa shape index (κ1) is 19.0. The van der Waals surface area contributed by atoms with Gasteiger partial charge in [0.15, 0.2) is 23.0 Å². The van der Waals surface area contributed by atoms with Gasteiger partial charge in [-0.05, 0) is 58.2 Å². The van der Waals surface area contributed by atoms with Crippen LogP contribution in [-0.4, -0.2) is 32.6 Å². The number of methoxy groups -OCH3 is 1. The number of carbonyl (C=O) groups excluding carboxylic acids is 1. The molecule has 3 rings (SSSR count). The van der Waals surface area contributed by atoms with Gasteiger partial charge in [0.25, 0.3) is 5.91 Å². The Morgan fingerprint density at radius 2 is 2.11 bits per heavy atom. The number of carbonyl (C=O) groups is 1. The fraction of sp³-hybridized carbons (Fsp3) is 0.263. The van der Waals surface area contributed by atoms with E-state index in [1.807, 2.05) is 13.0 Å². The normalized spacial score (nSPS) is 12.3. The quantitative estimate of drug-likeness (QED) is 0.530. The van der Waals surface area contributed by atoms with Crippen LogP contribution in [0.1, 0.15) is 29.3 Å². The van der Waals surface area contributed by atoms with Crippen LogP contribution in [0.5, 0.6) is 23.0 Å². The van der Waals surface area contributed by atoms with Crippen molar-refractivity contribution in [2.24, 2.45) is 5.10 Å². The van der Waals surface area contributed by atoms with Gasteiger partial charge in [0.1, 0.15) is 0 Å². The maximum absolute atomic E-state index is 12.2. The fourth-order valence-electron chi connectivity index (χ4n) is 2.43. The number of halogens is 1. The van der Waals surface area contributed by atoms with Crippen molar-refractivity contribution in [1.29, 1.82) is 0 Å². The summed E-state index contributed by atoms with van der Waals surface area (Å²) in [7, 11) is 1.57. The standard InChI is InChI=1S/C19H19BrN2O5/c1-3-6-25-18-14(20)7-12(8-17(18)24-2)10-21-22-19(23)13-4-5-15-16(9-13)27-11-26-15/h4-5,7-10H,3,6,11H2,1-2H3,(H,22,23)/b21-10-. The Balaban J connectivity index is 1.68. The molecule has 0 aliphatic carbocycles. The number of amides is 1. The molecule has 8 heteroatoms. The summed E-state index contributed by atoms with van der Waals surface area (Å²) in [5.41, 5.74) is 3.66. The van der Waals surface area contributed by atoms with Gasteiger partial charge < -0.3 is 18.9 Å². The van der Waals surface area contributed by atoms with E-state index >= 15 is 0 Å². The van der Waals surface area contributed by atoms with E-state index in [4.69, 9.17) is 18.9 Å². The van der Waals surface area contributed by atoms with E-state index in [0.29, 0.717) is 35.2 Å². The van der Waals surface area contributed by atoms with E-state index < -0.39 is 0 Å². The minimum atomic E-state index is -0.349. The Kier molecular flexibility index (Phi) is 6.18. The molecule has 0 aromatic heterocycles. The lowest BCUT2D eigenvalue weighted by Gasteiger charge is -2.12. The van der Waals surface area contributed by atoms with Crippen LogP contribution in [0, 0.1) is 0 Å². The third-order valence-corrected chi connectivity index (χ3v) is 4.31. The van der Waals surface area contributed by atoms with Crippen molar-refractivity contribution in [3.05, 3.63) is 45.9 Å². The summed E-state index contributed by atoms with van der Waals surface area (Å²) in [5.74, 6) is 2.04. The molecule has 1 aliphatic rings. The molecular weight excluding hydrogens is 416 g/mol.